The molecule has 12 heteroatoms. The number of imide groups is 1. The fourth-order valence-electron chi connectivity index (χ4n) is 5.40. The summed E-state index contributed by atoms with van der Waals surface area (Å²) < 4.78 is 29.3. The number of aromatic nitrogens is 2. The number of halogens is 1. The van der Waals surface area contributed by atoms with Gasteiger partial charge in [0.05, 0.1) is 35.5 Å². The largest absolute Gasteiger partial charge is 0.444 e. The van der Waals surface area contributed by atoms with Crippen molar-refractivity contribution < 1.29 is 28.2 Å². The second-order valence-electron chi connectivity index (χ2n) is 11.3. The Labute approximate surface area is 219 Å². The number of rotatable bonds is 4. The molecule has 0 bridgehead atoms. The van der Waals surface area contributed by atoms with E-state index in [1.807, 2.05) is 12.1 Å². The zero-order chi connectivity index (χ0) is 27.4. The zero-order valence-electron chi connectivity index (χ0n) is 22.1. The molecule has 1 aromatic carbocycles. The highest BCUT2D eigenvalue weighted by molar-refractivity contribution is 6.00. The molecule has 3 aliphatic rings. The van der Waals surface area contributed by atoms with Gasteiger partial charge in [0.2, 0.25) is 11.8 Å². The lowest BCUT2D eigenvalue weighted by Gasteiger charge is -2.44. The Morgan fingerprint density at radius 2 is 1.84 bits per heavy atom. The van der Waals surface area contributed by atoms with Gasteiger partial charge >= 0.3 is 11.8 Å². The van der Waals surface area contributed by atoms with Crippen LogP contribution < -0.4 is 15.9 Å². The van der Waals surface area contributed by atoms with E-state index >= 15 is 0 Å². The molecule has 3 fully saturated rings. The van der Waals surface area contributed by atoms with Gasteiger partial charge in [-0.2, -0.15) is 0 Å². The van der Waals surface area contributed by atoms with E-state index in [9.17, 15) is 23.6 Å². The number of carbonyl (C=O) groups excluding carboxylic acids is 3. The van der Waals surface area contributed by atoms with Crippen molar-refractivity contribution in [3.63, 3.8) is 0 Å². The summed E-state index contributed by atoms with van der Waals surface area (Å²) in [7, 11) is 1.66. The molecule has 11 nitrogen and oxygen atoms in total. The number of nitrogens with one attached hydrogen (secondary N) is 1. The van der Waals surface area contributed by atoms with Gasteiger partial charge in [0, 0.05) is 33.1 Å². The van der Waals surface area contributed by atoms with Crippen LogP contribution in [0.2, 0.25) is 0 Å². The lowest BCUT2D eigenvalue weighted by Crippen LogP contribution is -2.57. The first kappa shape index (κ1) is 26.2. The van der Waals surface area contributed by atoms with Crippen LogP contribution in [0.5, 0.6) is 0 Å². The highest BCUT2D eigenvalue weighted by atomic mass is 19.1. The Hall–Kier alpha value is -3.41. The SMILES string of the molecule is Cn1c(=O)n(C2CCC(=O)NC2=O)c2cccc(N3CC(O[C@@H]4CCN(C(=O)OC(C)(C)C)C[C@@H]4F)C3)c21. The number of hydrogen-bond acceptors (Lipinski definition) is 7. The average molecular weight is 532 g/mol. The van der Waals surface area contributed by atoms with Crippen molar-refractivity contribution >= 4 is 34.6 Å². The molecule has 3 atom stereocenters. The first-order chi connectivity index (χ1) is 17.9. The predicted molar refractivity (Wildman–Crippen MR) is 137 cm³/mol. The van der Waals surface area contributed by atoms with Crippen LogP contribution in [-0.4, -0.2) is 82.1 Å². The van der Waals surface area contributed by atoms with Crippen LogP contribution in [-0.2, 0) is 26.1 Å². The third-order valence-corrected chi connectivity index (χ3v) is 7.29. The summed E-state index contributed by atoms with van der Waals surface area (Å²) in [5.74, 6) is -0.810. The molecule has 1 unspecified atom stereocenters. The summed E-state index contributed by atoms with van der Waals surface area (Å²) in [4.78, 5) is 53.0. The molecule has 0 aliphatic carbocycles. The van der Waals surface area contributed by atoms with Crippen molar-refractivity contribution in [2.75, 3.05) is 31.1 Å². The number of ether oxygens (including phenoxy) is 2. The zero-order valence-corrected chi connectivity index (χ0v) is 22.1. The first-order valence-corrected chi connectivity index (χ1v) is 13.0. The van der Waals surface area contributed by atoms with Crippen LogP contribution >= 0.6 is 0 Å². The Balaban J connectivity index is 1.25. The van der Waals surface area contributed by atoms with Crippen molar-refractivity contribution in [3.05, 3.63) is 28.7 Å². The number of imidazole rings is 1. The maximum absolute atomic E-state index is 14.9. The molecule has 38 heavy (non-hydrogen) atoms. The van der Waals surface area contributed by atoms with Crippen LogP contribution in [0.25, 0.3) is 11.0 Å². The summed E-state index contributed by atoms with van der Waals surface area (Å²) in [6, 6.07) is 4.78. The molecular formula is C26H34FN5O6. The van der Waals surface area contributed by atoms with Gasteiger partial charge in [-0.25, -0.2) is 14.0 Å². The summed E-state index contributed by atoms with van der Waals surface area (Å²) in [5, 5.41) is 2.32. The van der Waals surface area contributed by atoms with E-state index < -0.39 is 35.9 Å². The van der Waals surface area contributed by atoms with E-state index in [0.717, 1.165) is 5.69 Å². The highest BCUT2D eigenvalue weighted by Gasteiger charge is 2.39. The molecule has 3 saturated heterocycles. The van der Waals surface area contributed by atoms with E-state index in [4.69, 9.17) is 9.47 Å². The number of benzene rings is 1. The lowest BCUT2D eigenvalue weighted by atomic mass is 10.0. The van der Waals surface area contributed by atoms with E-state index in [0.29, 0.717) is 37.1 Å². The van der Waals surface area contributed by atoms with E-state index in [1.165, 1.54) is 14.0 Å². The third kappa shape index (κ3) is 4.89. The van der Waals surface area contributed by atoms with Crippen LogP contribution in [0.1, 0.15) is 46.1 Å². The van der Waals surface area contributed by atoms with Crippen LogP contribution in [0.15, 0.2) is 23.0 Å². The van der Waals surface area contributed by atoms with Crippen molar-refractivity contribution in [3.8, 4) is 0 Å². The predicted octanol–water partition coefficient (Wildman–Crippen LogP) is 1.87. The molecular weight excluding hydrogens is 497 g/mol. The minimum atomic E-state index is -1.31. The van der Waals surface area contributed by atoms with Crippen LogP contribution in [0.3, 0.4) is 0 Å². The number of para-hydroxylation sites is 1. The molecule has 3 aliphatic heterocycles. The lowest BCUT2D eigenvalue weighted by molar-refractivity contribution is -0.135. The van der Waals surface area contributed by atoms with Crippen LogP contribution in [0, 0.1) is 0 Å². The monoisotopic (exact) mass is 531 g/mol. The highest BCUT2D eigenvalue weighted by Crippen LogP contribution is 2.33. The van der Waals surface area contributed by atoms with Gasteiger partial charge in [-0.05, 0) is 45.7 Å². The second kappa shape index (κ2) is 9.72. The number of hydrogen-bond donors (Lipinski definition) is 1. The summed E-state index contributed by atoms with van der Waals surface area (Å²) in [6.45, 7) is 6.68. The van der Waals surface area contributed by atoms with Gasteiger partial charge in [-0.15, -0.1) is 0 Å². The van der Waals surface area contributed by atoms with Gasteiger partial charge in [0.1, 0.15) is 17.8 Å². The molecule has 5 rings (SSSR count). The van der Waals surface area contributed by atoms with Crippen LogP contribution in [0.4, 0.5) is 14.9 Å². The summed E-state index contributed by atoms with van der Waals surface area (Å²) in [6.07, 6.45) is -1.78. The Morgan fingerprint density at radius 1 is 1.11 bits per heavy atom. The topological polar surface area (TPSA) is 115 Å². The quantitative estimate of drug-likeness (QED) is 0.599. The smallest absolute Gasteiger partial charge is 0.410 e. The Bertz CT molecular complexity index is 1320. The minimum absolute atomic E-state index is 0.0642. The van der Waals surface area contributed by atoms with Crippen molar-refractivity contribution in [2.24, 2.45) is 7.05 Å². The number of fused-ring (bicyclic) bond motifs is 1. The molecule has 1 aromatic heterocycles. The summed E-state index contributed by atoms with van der Waals surface area (Å²) in [5.41, 5.74) is 1.17. The fraction of sp³-hybridized carbons (Fsp3) is 0.615. The number of carbonyl (C=O) groups is 3. The second-order valence-corrected chi connectivity index (χ2v) is 11.3. The molecule has 206 valence electrons. The molecule has 0 saturated carbocycles. The number of likely N-dealkylation sites (tertiary alicyclic amines) is 1. The summed E-state index contributed by atoms with van der Waals surface area (Å²) >= 11 is 0. The number of nitrogens with zero attached hydrogens (tertiary/aromatic N) is 4. The standard InChI is InChI=1S/C26H34FN5O6/c1-26(2,3)38-25(36)30-11-10-20(16(27)14-30)37-15-12-31(13-15)17-6-5-7-18-22(17)29(4)24(35)32(18)19-8-9-21(33)28-23(19)34/h5-7,15-16,19-20H,8-14H2,1-4H3,(H,28,33,34)/t16-,19?,20+/m0/s1. The number of amides is 3. The molecule has 3 amide bonds. The third-order valence-electron chi connectivity index (χ3n) is 7.29. The van der Waals surface area contributed by atoms with E-state index in [1.54, 1.807) is 33.9 Å². The first-order valence-electron chi connectivity index (χ1n) is 13.0. The van der Waals surface area contributed by atoms with Gasteiger partial charge in [-0.3, -0.25) is 24.0 Å². The van der Waals surface area contributed by atoms with E-state index in [2.05, 4.69) is 10.2 Å². The van der Waals surface area contributed by atoms with Gasteiger partial charge in [-0.1, -0.05) is 6.07 Å². The number of aryl methyl sites for hydroxylation is 1. The maximum atomic E-state index is 14.9. The van der Waals surface area contributed by atoms with Crippen molar-refractivity contribution in [2.45, 2.75) is 70.1 Å². The Kier molecular flexibility index (Phi) is 6.70. The number of piperidine rings is 2. The molecule has 2 aromatic rings. The van der Waals surface area contributed by atoms with Gasteiger partial charge in [0.15, 0.2) is 0 Å². The number of alkyl halides is 1. The fourth-order valence-corrected chi connectivity index (χ4v) is 5.40. The van der Waals surface area contributed by atoms with Gasteiger partial charge < -0.3 is 19.3 Å². The average Bonchev–Trinajstić information content (AvgIpc) is 3.06. The van der Waals surface area contributed by atoms with E-state index in [-0.39, 0.29) is 37.1 Å². The normalized spacial score (nSPS) is 24.9. The molecule has 1 N–H and O–H groups in total. The Morgan fingerprint density at radius 3 is 2.50 bits per heavy atom. The molecule has 0 radical (unpaired) electrons. The maximum Gasteiger partial charge on any atom is 0.410 e. The van der Waals surface area contributed by atoms with Crippen molar-refractivity contribution in [1.82, 2.24) is 19.4 Å². The minimum Gasteiger partial charge on any atom is -0.444 e. The molecule has 4 heterocycles. The van der Waals surface area contributed by atoms with Crippen molar-refractivity contribution in [1.29, 1.82) is 0 Å². The molecule has 0 spiro atoms. The number of anilines is 1. The van der Waals surface area contributed by atoms with Gasteiger partial charge in [0.25, 0.3) is 0 Å².